The molecule has 92 valence electrons. The molecule has 0 aliphatic heterocycles. The van der Waals surface area contributed by atoms with Crippen molar-refractivity contribution in [3.63, 3.8) is 0 Å². The van der Waals surface area contributed by atoms with E-state index in [0.29, 0.717) is 5.84 Å². The van der Waals surface area contributed by atoms with Gasteiger partial charge in [0.15, 0.2) is 0 Å². The Hall–Kier alpha value is -0.570. The highest BCUT2D eigenvalue weighted by molar-refractivity contribution is 5.76. The Labute approximate surface area is 98.9 Å². The van der Waals surface area contributed by atoms with Crippen molar-refractivity contribution in [2.75, 3.05) is 19.6 Å². The van der Waals surface area contributed by atoms with E-state index in [-0.39, 0.29) is 0 Å². The zero-order valence-corrected chi connectivity index (χ0v) is 10.3. The van der Waals surface area contributed by atoms with E-state index < -0.39 is 0 Å². The minimum absolute atomic E-state index is 0.343. The van der Waals surface area contributed by atoms with Gasteiger partial charge in [0.05, 0.1) is 5.84 Å². The van der Waals surface area contributed by atoms with E-state index in [2.05, 4.69) is 4.90 Å². The first-order chi connectivity index (χ1) is 7.74. The van der Waals surface area contributed by atoms with Gasteiger partial charge in [0, 0.05) is 19.5 Å². The van der Waals surface area contributed by atoms with Crippen LogP contribution in [0.4, 0.5) is 0 Å². The smallest absolute Gasteiger partial charge is 0.0905 e. The van der Waals surface area contributed by atoms with Crippen LogP contribution < -0.4 is 5.73 Å². The molecule has 2 aliphatic carbocycles. The first-order valence-corrected chi connectivity index (χ1v) is 6.79. The summed E-state index contributed by atoms with van der Waals surface area (Å²) in [6.07, 6.45) is 8.88. The third kappa shape index (κ3) is 4.97. The SMILES string of the molecule is N=C(N)CCCCN(CC1CC1)CC1CC1. The van der Waals surface area contributed by atoms with Crippen molar-refractivity contribution in [2.45, 2.75) is 44.9 Å². The summed E-state index contributed by atoms with van der Waals surface area (Å²) in [4.78, 5) is 2.66. The molecular formula is C13H25N3. The van der Waals surface area contributed by atoms with E-state index in [1.807, 2.05) is 0 Å². The highest BCUT2D eigenvalue weighted by atomic mass is 15.1. The molecule has 0 heterocycles. The number of hydrogen-bond acceptors (Lipinski definition) is 2. The van der Waals surface area contributed by atoms with Gasteiger partial charge in [-0.25, -0.2) is 0 Å². The van der Waals surface area contributed by atoms with Crippen LogP contribution in [-0.2, 0) is 0 Å². The largest absolute Gasteiger partial charge is 0.388 e. The van der Waals surface area contributed by atoms with Gasteiger partial charge in [-0.15, -0.1) is 0 Å². The third-order valence-corrected chi connectivity index (χ3v) is 3.60. The van der Waals surface area contributed by atoms with Crippen LogP contribution in [0.25, 0.3) is 0 Å². The summed E-state index contributed by atoms with van der Waals surface area (Å²) in [7, 11) is 0. The second-order valence-corrected chi connectivity index (χ2v) is 5.63. The number of unbranched alkanes of at least 4 members (excludes halogenated alkanes) is 1. The maximum absolute atomic E-state index is 7.19. The van der Waals surface area contributed by atoms with Crippen LogP contribution in [0.3, 0.4) is 0 Å². The van der Waals surface area contributed by atoms with Crippen molar-refractivity contribution in [2.24, 2.45) is 17.6 Å². The lowest BCUT2D eigenvalue weighted by atomic mass is 10.2. The lowest BCUT2D eigenvalue weighted by molar-refractivity contribution is 0.248. The summed E-state index contributed by atoms with van der Waals surface area (Å²) in [5, 5.41) is 7.19. The van der Waals surface area contributed by atoms with Gasteiger partial charge < -0.3 is 10.6 Å². The molecule has 3 N–H and O–H groups in total. The molecule has 0 bridgehead atoms. The molecule has 0 aromatic heterocycles. The van der Waals surface area contributed by atoms with E-state index in [1.54, 1.807) is 0 Å². The monoisotopic (exact) mass is 223 g/mol. The molecule has 2 aliphatic rings. The molecular weight excluding hydrogens is 198 g/mol. The fourth-order valence-electron chi connectivity index (χ4n) is 2.24. The summed E-state index contributed by atoms with van der Waals surface area (Å²) in [5.41, 5.74) is 5.36. The number of nitrogens with one attached hydrogen (secondary N) is 1. The van der Waals surface area contributed by atoms with Gasteiger partial charge in [-0.1, -0.05) is 0 Å². The Morgan fingerprint density at radius 3 is 2.06 bits per heavy atom. The van der Waals surface area contributed by atoms with Crippen LogP contribution in [0, 0.1) is 17.2 Å². The standard InChI is InChI=1S/C13H25N3/c14-13(15)3-1-2-8-16(9-11-4-5-11)10-12-6-7-12/h11-12H,1-10H2,(H3,14,15). The lowest BCUT2D eigenvalue weighted by Crippen LogP contribution is -2.29. The second-order valence-electron chi connectivity index (χ2n) is 5.63. The van der Waals surface area contributed by atoms with Crippen LogP contribution in [0.15, 0.2) is 0 Å². The lowest BCUT2D eigenvalue weighted by Gasteiger charge is -2.21. The van der Waals surface area contributed by atoms with Gasteiger partial charge in [-0.3, -0.25) is 5.41 Å². The zero-order valence-electron chi connectivity index (χ0n) is 10.3. The Bertz CT molecular complexity index is 217. The number of amidine groups is 1. The molecule has 0 atom stereocenters. The number of rotatable bonds is 9. The van der Waals surface area contributed by atoms with Crippen LogP contribution in [0.2, 0.25) is 0 Å². The molecule has 3 nitrogen and oxygen atoms in total. The fourth-order valence-corrected chi connectivity index (χ4v) is 2.24. The Balaban J connectivity index is 1.58. The quantitative estimate of drug-likeness (QED) is 0.358. The third-order valence-electron chi connectivity index (χ3n) is 3.60. The highest BCUT2D eigenvalue weighted by Crippen LogP contribution is 2.33. The molecule has 2 rings (SSSR count). The molecule has 16 heavy (non-hydrogen) atoms. The normalized spacial score (nSPS) is 20.3. The minimum atomic E-state index is 0.343. The van der Waals surface area contributed by atoms with Crippen LogP contribution in [-0.4, -0.2) is 30.4 Å². The molecule has 0 unspecified atom stereocenters. The van der Waals surface area contributed by atoms with Crippen molar-refractivity contribution >= 4 is 5.84 Å². The first kappa shape index (κ1) is 11.9. The topological polar surface area (TPSA) is 53.1 Å². The number of nitrogens with two attached hydrogens (primary N) is 1. The van der Waals surface area contributed by atoms with Gasteiger partial charge in [0.1, 0.15) is 0 Å². The van der Waals surface area contributed by atoms with Gasteiger partial charge in [0.2, 0.25) is 0 Å². The van der Waals surface area contributed by atoms with E-state index in [0.717, 1.165) is 24.7 Å². The maximum atomic E-state index is 7.19. The van der Waals surface area contributed by atoms with Gasteiger partial charge in [-0.2, -0.15) is 0 Å². The summed E-state index contributed by atoms with van der Waals surface area (Å²) in [6, 6.07) is 0. The molecule has 2 fully saturated rings. The van der Waals surface area contributed by atoms with Crippen molar-refractivity contribution in [3.8, 4) is 0 Å². The molecule has 2 saturated carbocycles. The molecule has 0 aromatic carbocycles. The van der Waals surface area contributed by atoms with E-state index in [4.69, 9.17) is 11.1 Å². The van der Waals surface area contributed by atoms with Crippen LogP contribution in [0.5, 0.6) is 0 Å². The number of nitrogens with zero attached hydrogens (tertiary/aromatic N) is 1. The van der Waals surface area contributed by atoms with Crippen LogP contribution >= 0.6 is 0 Å². The van der Waals surface area contributed by atoms with E-state index >= 15 is 0 Å². The van der Waals surface area contributed by atoms with Gasteiger partial charge in [0.25, 0.3) is 0 Å². The van der Waals surface area contributed by atoms with Gasteiger partial charge >= 0.3 is 0 Å². The first-order valence-electron chi connectivity index (χ1n) is 6.79. The molecule has 3 heteroatoms. The Morgan fingerprint density at radius 1 is 1.06 bits per heavy atom. The second kappa shape index (κ2) is 5.67. The predicted molar refractivity (Wildman–Crippen MR) is 67.7 cm³/mol. The van der Waals surface area contributed by atoms with Gasteiger partial charge in [-0.05, 0) is 56.9 Å². The average Bonchev–Trinajstić information content (AvgIpc) is 3.06. The van der Waals surface area contributed by atoms with E-state index in [9.17, 15) is 0 Å². The summed E-state index contributed by atoms with van der Waals surface area (Å²) in [5.74, 6) is 2.36. The summed E-state index contributed by atoms with van der Waals surface area (Å²) < 4.78 is 0. The summed E-state index contributed by atoms with van der Waals surface area (Å²) in [6.45, 7) is 3.88. The van der Waals surface area contributed by atoms with Crippen molar-refractivity contribution < 1.29 is 0 Å². The molecule has 0 aromatic rings. The Kier molecular flexibility index (Phi) is 4.22. The highest BCUT2D eigenvalue weighted by Gasteiger charge is 2.28. The minimum Gasteiger partial charge on any atom is -0.388 e. The van der Waals surface area contributed by atoms with Crippen LogP contribution in [0.1, 0.15) is 44.9 Å². The van der Waals surface area contributed by atoms with Crippen molar-refractivity contribution in [1.29, 1.82) is 5.41 Å². The number of hydrogen-bond donors (Lipinski definition) is 2. The fraction of sp³-hybridized carbons (Fsp3) is 0.923. The van der Waals surface area contributed by atoms with Crippen molar-refractivity contribution in [1.82, 2.24) is 4.90 Å². The molecule has 0 saturated heterocycles. The van der Waals surface area contributed by atoms with E-state index in [1.165, 1.54) is 51.7 Å². The Morgan fingerprint density at radius 2 is 1.62 bits per heavy atom. The average molecular weight is 223 g/mol. The predicted octanol–water partition coefficient (Wildman–Crippen LogP) is 2.21. The van der Waals surface area contributed by atoms with Crippen molar-refractivity contribution in [3.05, 3.63) is 0 Å². The molecule has 0 amide bonds. The maximum Gasteiger partial charge on any atom is 0.0905 e. The molecule has 0 radical (unpaired) electrons. The zero-order chi connectivity index (χ0) is 11.4. The summed E-state index contributed by atoms with van der Waals surface area (Å²) >= 11 is 0. The molecule has 0 spiro atoms.